The van der Waals surface area contributed by atoms with Crippen LogP contribution in [0.15, 0.2) is 36.4 Å². The number of aromatic carboxylic acids is 2. The Bertz CT molecular complexity index is 618. The first-order valence-electron chi connectivity index (χ1n) is 5.32. The van der Waals surface area contributed by atoms with Crippen LogP contribution in [0.5, 0.6) is 0 Å². The summed E-state index contributed by atoms with van der Waals surface area (Å²) in [6, 6.07) is 9.30. The molecule has 0 bridgehead atoms. The van der Waals surface area contributed by atoms with Gasteiger partial charge in [0.2, 0.25) is 0 Å². The van der Waals surface area contributed by atoms with Gasteiger partial charge in [0, 0.05) is 5.69 Å². The molecular formula is C13H10N2O4. The van der Waals surface area contributed by atoms with Gasteiger partial charge in [-0.15, -0.1) is 0 Å². The Kier molecular flexibility index (Phi) is 3.15. The average Bonchev–Trinajstić information content (AvgIpc) is 2.39. The maximum atomic E-state index is 10.9. The minimum Gasteiger partial charge on any atom is -0.477 e. The Hall–Kier alpha value is -2.89. The molecule has 0 aliphatic carbocycles. The van der Waals surface area contributed by atoms with E-state index in [-0.39, 0.29) is 11.4 Å². The average molecular weight is 258 g/mol. The van der Waals surface area contributed by atoms with Crippen LogP contribution in [0.25, 0.3) is 11.1 Å². The second-order valence-corrected chi connectivity index (χ2v) is 3.86. The number of nitrogen functional groups attached to an aromatic ring is 1. The zero-order valence-corrected chi connectivity index (χ0v) is 9.70. The third-order valence-electron chi connectivity index (χ3n) is 2.51. The second-order valence-electron chi connectivity index (χ2n) is 3.86. The normalized spacial score (nSPS) is 10.1. The number of carboxylic acid groups (broad SMARTS) is 2. The van der Waals surface area contributed by atoms with Crippen LogP contribution in [0.1, 0.15) is 21.0 Å². The molecule has 1 heterocycles. The van der Waals surface area contributed by atoms with Crippen molar-refractivity contribution in [3.8, 4) is 11.1 Å². The molecule has 0 radical (unpaired) electrons. The number of carboxylic acids is 2. The molecule has 19 heavy (non-hydrogen) atoms. The van der Waals surface area contributed by atoms with Crippen molar-refractivity contribution in [2.75, 3.05) is 5.73 Å². The van der Waals surface area contributed by atoms with Crippen molar-refractivity contribution in [1.29, 1.82) is 0 Å². The maximum absolute atomic E-state index is 10.9. The molecule has 0 aliphatic rings. The maximum Gasteiger partial charge on any atom is 0.354 e. The summed E-state index contributed by atoms with van der Waals surface area (Å²) in [5.74, 6) is -2.56. The molecule has 0 spiro atoms. The molecule has 0 amide bonds. The Balaban J connectivity index is 2.59. The smallest absolute Gasteiger partial charge is 0.354 e. The molecule has 2 rings (SSSR count). The largest absolute Gasteiger partial charge is 0.477 e. The van der Waals surface area contributed by atoms with Crippen molar-refractivity contribution in [2.24, 2.45) is 0 Å². The van der Waals surface area contributed by atoms with E-state index in [4.69, 9.17) is 15.9 Å². The van der Waals surface area contributed by atoms with Crippen LogP contribution in [-0.4, -0.2) is 27.1 Å². The summed E-state index contributed by atoms with van der Waals surface area (Å²) in [6.45, 7) is 0. The summed E-state index contributed by atoms with van der Waals surface area (Å²) < 4.78 is 0. The number of benzene rings is 1. The topological polar surface area (TPSA) is 114 Å². The minimum absolute atomic E-state index is 0.313. The van der Waals surface area contributed by atoms with Crippen molar-refractivity contribution in [2.45, 2.75) is 0 Å². The van der Waals surface area contributed by atoms with E-state index in [1.807, 2.05) is 0 Å². The molecule has 96 valence electrons. The predicted molar refractivity (Wildman–Crippen MR) is 68.0 cm³/mol. The summed E-state index contributed by atoms with van der Waals surface area (Å²) in [7, 11) is 0. The lowest BCUT2D eigenvalue weighted by Gasteiger charge is -2.05. The molecule has 0 saturated carbocycles. The third kappa shape index (κ3) is 2.68. The van der Waals surface area contributed by atoms with Gasteiger partial charge in [-0.05, 0) is 35.4 Å². The SMILES string of the molecule is Nc1ccc(-c2cc(C(=O)O)nc(C(=O)O)c2)cc1. The Labute approximate surface area is 108 Å². The second kappa shape index (κ2) is 4.77. The molecule has 1 aromatic heterocycles. The molecule has 0 fully saturated rings. The van der Waals surface area contributed by atoms with Crippen LogP contribution in [0.4, 0.5) is 5.69 Å². The summed E-state index contributed by atoms with van der Waals surface area (Å²) in [6.07, 6.45) is 0. The molecular weight excluding hydrogens is 248 g/mol. The van der Waals surface area contributed by atoms with Gasteiger partial charge in [0.1, 0.15) is 11.4 Å². The molecule has 6 heteroatoms. The van der Waals surface area contributed by atoms with Gasteiger partial charge in [-0.25, -0.2) is 14.6 Å². The van der Waals surface area contributed by atoms with Crippen molar-refractivity contribution in [3.63, 3.8) is 0 Å². The number of carbonyl (C=O) groups is 2. The standard InChI is InChI=1S/C13H10N2O4/c14-9-3-1-7(2-4-9)8-5-10(12(16)17)15-11(6-8)13(18)19/h1-6H,14H2,(H,16,17)(H,18,19). The van der Waals surface area contributed by atoms with Gasteiger partial charge in [0.05, 0.1) is 0 Å². The van der Waals surface area contributed by atoms with Crippen LogP contribution in [0, 0.1) is 0 Å². The molecule has 0 unspecified atom stereocenters. The van der Waals surface area contributed by atoms with Crippen molar-refractivity contribution >= 4 is 17.6 Å². The molecule has 0 atom stereocenters. The van der Waals surface area contributed by atoms with Crippen molar-refractivity contribution in [3.05, 3.63) is 47.8 Å². The number of hydrogen-bond donors (Lipinski definition) is 3. The van der Waals surface area contributed by atoms with Crippen LogP contribution in [0.2, 0.25) is 0 Å². The van der Waals surface area contributed by atoms with Gasteiger partial charge in [-0.1, -0.05) is 12.1 Å². The fraction of sp³-hybridized carbons (Fsp3) is 0. The lowest BCUT2D eigenvalue weighted by molar-refractivity contribution is 0.0685. The predicted octanol–water partition coefficient (Wildman–Crippen LogP) is 1.73. The van der Waals surface area contributed by atoms with Crippen LogP contribution < -0.4 is 5.73 Å². The fourth-order valence-electron chi connectivity index (χ4n) is 1.59. The molecule has 0 aliphatic heterocycles. The summed E-state index contributed by atoms with van der Waals surface area (Å²) >= 11 is 0. The van der Waals surface area contributed by atoms with Gasteiger partial charge in [0.15, 0.2) is 0 Å². The number of rotatable bonds is 3. The minimum atomic E-state index is -1.28. The van der Waals surface area contributed by atoms with E-state index < -0.39 is 11.9 Å². The molecule has 0 saturated heterocycles. The van der Waals surface area contributed by atoms with E-state index in [1.54, 1.807) is 24.3 Å². The number of aromatic nitrogens is 1. The summed E-state index contributed by atoms with van der Waals surface area (Å²) in [5.41, 5.74) is 6.63. The molecule has 6 nitrogen and oxygen atoms in total. The van der Waals surface area contributed by atoms with Gasteiger partial charge in [-0.2, -0.15) is 0 Å². The van der Waals surface area contributed by atoms with E-state index in [1.165, 1.54) is 12.1 Å². The molecule has 2 aromatic rings. The van der Waals surface area contributed by atoms with Gasteiger partial charge in [0.25, 0.3) is 0 Å². The first-order chi connectivity index (χ1) is 8.97. The third-order valence-corrected chi connectivity index (χ3v) is 2.51. The van der Waals surface area contributed by atoms with Gasteiger partial charge >= 0.3 is 11.9 Å². The van der Waals surface area contributed by atoms with E-state index in [9.17, 15) is 9.59 Å². The lowest BCUT2D eigenvalue weighted by Crippen LogP contribution is -2.07. The van der Waals surface area contributed by atoms with Gasteiger partial charge < -0.3 is 15.9 Å². The van der Waals surface area contributed by atoms with Crippen LogP contribution >= 0.6 is 0 Å². The Morgan fingerprint density at radius 3 is 1.79 bits per heavy atom. The zero-order valence-electron chi connectivity index (χ0n) is 9.70. The summed E-state index contributed by atoms with van der Waals surface area (Å²) in [5, 5.41) is 17.9. The van der Waals surface area contributed by atoms with E-state index in [0.717, 1.165) is 0 Å². The first kappa shape index (κ1) is 12.6. The number of pyridine rings is 1. The Morgan fingerprint density at radius 1 is 0.895 bits per heavy atom. The van der Waals surface area contributed by atoms with E-state index >= 15 is 0 Å². The Morgan fingerprint density at radius 2 is 1.37 bits per heavy atom. The number of anilines is 1. The van der Waals surface area contributed by atoms with E-state index in [2.05, 4.69) is 4.98 Å². The van der Waals surface area contributed by atoms with Crippen LogP contribution in [0.3, 0.4) is 0 Å². The van der Waals surface area contributed by atoms with Gasteiger partial charge in [-0.3, -0.25) is 0 Å². The lowest BCUT2D eigenvalue weighted by atomic mass is 10.0. The van der Waals surface area contributed by atoms with E-state index in [0.29, 0.717) is 16.8 Å². The van der Waals surface area contributed by atoms with Crippen molar-refractivity contribution in [1.82, 2.24) is 4.98 Å². The van der Waals surface area contributed by atoms with Crippen molar-refractivity contribution < 1.29 is 19.8 Å². The highest BCUT2D eigenvalue weighted by atomic mass is 16.4. The quantitative estimate of drug-likeness (QED) is 0.722. The summed E-state index contributed by atoms with van der Waals surface area (Å²) in [4.78, 5) is 25.4. The number of hydrogen-bond acceptors (Lipinski definition) is 4. The molecule has 4 N–H and O–H groups in total. The zero-order chi connectivity index (χ0) is 14.0. The number of nitrogens with zero attached hydrogens (tertiary/aromatic N) is 1. The first-order valence-corrected chi connectivity index (χ1v) is 5.32. The highest BCUT2D eigenvalue weighted by Crippen LogP contribution is 2.22. The molecule has 1 aromatic carbocycles. The highest BCUT2D eigenvalue weighted by molar-refractivity contribution is 5.92. The van der Waals surface area contributed by atoms with Crippen LogP contribution in [-0.2, 0) is 0 Å². The fourth-order valence-corrected chi connectivity index (χ4v) is 1.59. The highest BCUT2D eigenvalue weighted by Gasteiger charge is 2.14. The monoisotopic (exact) mass is 258 g/mol. The number of nitrogens with two attached hydrogens (primary N) is 1.